The number of anilines is 2. The van der Waals surface area contributed by atoms with Crippen molar-refractivity contribution in [1.82, 2.24) is 9.88 Å². The number of benzene rings is 1. The molecule has 204 valence electrons. The van der Waals surface area contributed by atoms with Gasteiger partial charge in [0.25, 0.3) is 0 Å². The van der Waals surface area contributed by atoms with Crippen LogP contribution in [-0.4, -0.2) is 59.2 Å². The molecule has 8 nitrogen and oxygen atoms in total. The number of pyridine rings is 1. The molecular formula is C25H26F5N5O3. The van der Waals surface area contributed by atoms with Gasteiger partial charge in [0.15, 0.2) is 0 Å². The van der Waals surface area contributed by atoms with Crippen LogP contribution in [0.1, 0.15) is 43.4 Å². The number of rotatable bonds is 7. The number of nitrogens with one attached hydrogen (secondary N) is 2. The number of nitrogens with two attached hydrogens (primary N) is 1. The number of nitrogens with zero attached hydrogens (tertiary/aromatic N) is 2. The van der Waals surface area contributed by atoms with Gasteiger partial charge in [0.05, 0.1) is 17.6 Å². The Morgan fingerprint density at radius 1 is 1.13 bits per heavy atom. The van der Waals surface area contributed by atoms with Gasteiger partial charge < -0.3 is 26.1 Å². The van der Waals surface area contributed by atoms with Gasteiger partial charge in [-0.15, -0.1) is 0 Å². The number of halogens is 5. The van der Waals surface area contributed by atoms with E-state index in [1.807, 2.05) is 0 Å². The van der Waals surface area contributed by atoms with Gasteiger partial charge in [-0.05, 0) is 42.7 Å². The summed E-state index contributed by atoms with van der Waals surface area (Å²) in [5.74, 6) is -4.56. The first-order valence-electron chi connectivity index (χ1n) is 11.9. The summed E-state index contributed by atoms with van der Waals surface area (Å²) < 4.78 is 72.4. The number of aromatic nitrogens is 1. The minimum absolute atomic E-state index is 0.0408. The number of hydrogen-bond donors (Lipinski definition) is 3. The molecule has 2 heterocycles. The van der Waals surface area contributed by atoms with E-state index in [9.17, 15) is 31.5 Å². The molecule has 0 radical (unpaired) electrons. The van der Waals surface area contributed by atoms with Crippen LogP contribution in [-0.2, 0) is 15.0 Å². The normalized spacial score (nSPS) is 22.2. The fourth-order valence-electron chi connectivity index (χ4n) is 5.04. The molecule has 2 atom stereocenters. The molecule has 4 N–H and O–H groups in total. The van der Waals surface area contributed by atoms with Gasteiger partial charge in [-0.2, -0.15) is 8.78 Å². The Kier molecular flexibility index (Phi) is 7.56. The Morgan fingerprint density at radius 3 is 2.39 bits per heavy atom. The second-order valence-electron chi connectivity index (χ2n) is 9.45. The number of amides is 2. The number of ether oxygens (including phenoxy) is 1. The van der Waals surface area contributed by atoms with Crippen LogP contribution in [0.25, 0.3) is 0 Å². The second-order valence-corrected chi connectivity index (χ2v) is 9.45. The molecule has 1 aliphatic heterocycles. The summed E-state index contributed by atoms with van der Waals surface area (Å²) in [4.78, 5) is 32.2. The van der Waals surface area contributed by atoms with Crippen molar-refractivity contribution in [3.05, 3.63) is 47.7 Å². The maximum absolute atomic E-state index is 14.6. The molecule has 38 heavy (non-hydrogen) atoms. The number of hydrogen-bond acceptors (Lipinski definition) is 6. The van der Waals surface area contributed by atoms with Crippen molar-refractivity contribution >= 4 is 29.5 Å². The van der Waals surface area contributed by atoms with Crippen LogP contribution in [0.15, 0.2) is 36.4 Å². The third kappa shape index (κ3) is 5.55. The van der Waals surface area contributed by atoms with Crippen LogP contribution in [0.4, 0.5) is 33.5 Å². The molecule has 0 unspecified atom stereocenters. The molecular weight excluding hydrogens is 513 g/mol. The summed E-state index contributed by atoms with van der Waals surface area (Å²) >= 11 is 0. The molecule has 1 saturated carbocycles. The van der Waals surface area contributed by atoms with Gasteiger partial charge in [-0.3, -0.25) is 9.59 Å². The van der Waals surface area contributed by atoms with E-state index in [1.165, 1.54) is 36.4 Å². The molecule has 1 aromatic heterocycles. The third-order valence-electron chi connectivity index (χ3n) is 7.04. The smallest absolute Gasteiger partial charge is 0.387 e. The van der Waals surface area contributed by atoms with Crippen LogP contribution in [0.3, 0.4) is 0 Å². The fourth-order valence-corrected chi connectivity index (χ4v) is 5.04. The van der Waals surface area contributed by atoms with Gasteiger partial charge in [0, 0.05) is 25.5 Å². The van der Waals surface area contributed by atoms with Crippen molar-refractivity contribution in [2.45, 2.75) is 62.3 Å². The standard InChI is InChI=1S/C25H26F5N5O3/c26-15-11-19(21(36)34-20-6-5-17(32)18(12-31)33-20)35(13-15)22(37)24(7-9-25(29,30)10-8-24)14-1-3-16(4-2-14)38-23(27)28/h1-6,12,15,19,23,31H,7-11,13,32H2,(H,33,34,36)/t15-,19-/m1/s1. The summed E-state index contributed by atoms with van der Waals surface area (Å²) in [5, 5.41) is 9.86. The lowest BCUT2D eigenvalue weighted by atomic mass is 9.67. The van der Waals surface area contributed by atoms with Gasteiger partial charge in [0.1, 0.15) is 29.5 Å². The average molecular weight is 540 g/mol. The number of carbonyl (C=O) groups excluding carboxylic acids is 2. The highest BCUT2D eigenvalue weighted by Crippen LogP contribution is 2.47. The zero-order valence-corrected chi connectivity index (χ0v) is 20.1. The van der Waals surface area contributed by atoms with Crippen molar-refractivity contribution in [2.75, 3.05) is 17.6 Å². The van der Waals surface area contributed by atoms with Crippen molar-refractivity contribution in [3.8, 4) is 5.75 Å². The largest absolute Gasteiger partial charge is 0.435 e. The molecule has 13 heteroatoms. The Hall–Kier alpha value is -3.77. The average Bonchev–Trinajstić information content (AvgIpc) is 3.27. The zero-order chi connectivity index (χ0) is 27.7. The molecule has 2 amide bonds. The maximum atomic E-state index is 14.6. The minimum atomic E-state index is -3.07. The molecule has 2 aliphatic rings. The van der Waals surface area contributed by atoms with E-state index in [-0.39, 0.29) is 47.8 Å². The molecule has 0 bridgehead atoms. The molecule has 1 saturated heterocycles. The first-order chi connectivity index (χ1) is 17.9. The van der Waals surface area contributed by atoms with Crippen LogP contribution in [0, 0.1) is 5.41 Å². The highest BCUT2D eigenvalue weighted by atomic mass is 19.3. The van der Waals surface area contributed by atoms with Crippen molar-refractivity contribution in [1.29, 1.82) is 5.41 Å². The summed E-state index contributed by atoms with van der Waals surface area (Å²) in [7, 11) is 0. The van der Waals surface area contributed by atoms with E-state index in [1.54, 1.807) is 0 Å². The SMILES string of the molecule is N=Cc1nc(NC(=O)[C@H]2C[C@@H](F)CN2C(=O)C2(c3ccc(OC(F)F)cc3)CCC(F)(F)CC2)ccc1N. The van der Waals surface area contributed by atoms with E-state index in [0.29, 0.717) is 0 Å². The second kappa shape index (κ2) is 10.5. The summed E-state index contributed by atoms with van der Waals surface area (Å²) in [6.07, 6.45) is -2.73. The lowest BCUT2D eigenvalue weighted by molar-refractivity contribution is -0.146. The Morgan fingerprint density at radius 2 is 1.79 bits per heavy atom. The van der Waals surface area contributed by atoms with Gasteiger partial charge in [0.2, 0.25) is 17.7 Å². The van der Waals surface area contributed by atoms with E-state index >= 15 is 0 Å². The highest BCUT2D eigenvalue weighted by molar-refractivity contribution is 5.99. The van der Waals surface area contributed by atoms with Crippen LogP contribution < -0.4 is 15.8 Å². The fraction of sp³-hybridized carbons (Fsp3) is 0.440. The number of likely N-dealkylation sites (tertiary alicyclic amines) is 1. The first-order valence-corrected chi connectivity index (χ1v) is 11.9. The third-order valence-corrected chi connectivity index (χ3v) is 7.04. The monoisotopic (exact) mass is 539 g/mol. The van der Waals surface area contributed by atoms with Crippen molar-refractivity contribution in [3.63, 3.8) is 0 Å². The Bertz CT molecular complexity index is 1200. The lowest BCUT2D eigenvalue weighted by Gasteiger charge is -2.42. The van der Waals surface area contributed by atoms with Gasteiger partial charge in [-0.1, -0.05) is 12.1 Å². The van der Waals surface area contributed by atoms with Crippen LogP contribution in [0.2, 0.25) is 0 Å². The van der Waals surface area contributed by atoms with Crippen molar-refractivity contribution in [2.24, 2.45) is 0 Å². The molecule has 0 spiro atoms. The van der Waals surface area contributed by atoms with E-state index in [0.717, 1.165) is 11.1 Å². The maximum Gasteiger partial charge on any atom is 0.387 e. The Labute approximate surface area is 214 Å². The van der Waals surface area contributed by atoms with Crippen molar-refractivity contribution < 1.29 is 36.3 Å². The molecule has 4 rings (SSSR count). The highest BCUT2D eigenvalue weighted by Gasteiger charge is 2.53. The molecule has 1 aromatic carbocycles. The first kappa shape index (κ1) is 27.3. The molecule has 2 fully saturated rings. The lowest BCUT2D eigenvalue weighted by Crippen LogP contribution is -2.54. The predicted molar refractivity (Wildman–Crippen MR) is 128 cm³/mol. The molecule has 2 aromatic rings. The van der Waals surface area contributed by atoms with E-state index < -0.39 is 61.4 Å². The number of carbonyl (C=O) groups is 2. The van der Waals surface area contributed by atoms with Crippen LogP contribution in [0.5, 0.6) is 5.75 Å². The summed E-state index contributed by atoms with van der Waals surface area (Å²) in [5.41, 5.74) is 4.80. The zero-order valence-electron chi connectivity index (χ0n) is 20.1. The van der Waals surface area contributed by atoms with E-state index in [2.05, 4.69) is 15.0 Å². The summed E-state index contributed by atoms with van der Waals surface area (Å²) in [6, 6.07) is 6.70. The van der Waals surface area contributed by atoms with Gasteiger partial charge in [-0.25, -0.2) is 18.2 Å². The van der Waals surface area contributed by atoms with Gasteiger partial charge >= 0.3 is 6.61 Å². The minimum Gasteiger partial charge on any atom is -0.435 e. The number of nitrogen functional groups attached to an aromatic ring is 1. The van der Waals surface area contributed by atoms with Crippen LogP contribution >= 0.6 is 0 Å². The predicted octanol–water partition coefficient (Wildman–Crippen LogP) is 4.29. The Balaban J connectivity index is 1.63. The topological polar surface area (TPSA) is 121 Å². The van der Waals surface area contributed by atoms with E-state index in [4.69, 9.17) is 11.1 Å². The summed E-state index contributed by atoms with van der Waals surface area (Å²) in [6.45, 7) is -3.48. The molecule has 1 aliphatic carbocycles. The quantitative estimate of drug-likeness (QED) is 0.358. The number of alkyl halides is 5.